The highest BCUT2D eigenvalue weighted by atomic mass is 16.5. The van der Waals surface area contributed by atoms with Gasteiger partial charge in [-0.2, -0.15) is 0 Å². The van der Waals surface area contributed by atoms with Crippen molar-refractivity contribution >= 4 is 11.9 Å². The lowest BCUT2D eigenvalue weighted by atomic mass is 10.2. The number of rotatable bonds is 4. The average Bonchev–Trinajstić information content (AvgIpc) is 2.27. The molecule has 0 saturated carbocycles. The first-order valence-corrected chi connectivity index (χ1v) is 5.11. The Morgan fingerprint density at radius 2 is 2.00 bits per heavy atom. The largest absolute Gasteiger partial charge is 0.497 e. The van der Waals surface area contributed by atoms with Gasteiger partial charge in [-0.25, -0.2) is 0 Å². The van der Waals surface area contributed by atoms with Gasteiger partial charge in [0.25, 0.3) is 0 Å². The predicted octanol–water partition coefficient (Wildman–Crippen LogP) is 3.75. The molecule has 1 aromatic carbocycles. The minimum atomic E-state index is 0.856. The van der Waals surface area contributed by atoms with Crippen molar-refractivity contribution in [3.05, 3.63) is 35.9 Å². The maximum atomic E-state index is 5.07. The maximum Gasteiger partial charge on any atom is 0.119 e. The van der Waals surface area contributed by atoms with Crippen molar-refractivity contribution in [1.29, 1.82) is 0 Å². The summed E-state index contributed by atoms with van der Waals surface area (Å²) in [6.07, 6.45) is 5.07. The van der Waals surface area contributed by atoms with Crippen LogP contribution in [0.25, 0.3) is 0 Å². The normalized spacial score (nSPS) is 12.1. The van der Waals surface area contributed by atoms with Gasteiger partial charge < -0.3 is 4.74 Å². The number of hydrogen-bond donors (Lipinski definition) is 0. The predicted molar refractivity (Wildman–Crippen MR) is 65.2 cm³/mol. The third-order valence-electron chi connectivity index (χ3n) is 2.02. The van der Waals surface area contributed by atoms with Crippen LogP contribution in [0, 0.1) is 0 Å². The van der Waals surface area contributed by atoms with Gasteiger partial charge in [-0.15, -0.1) is 0 Å². The van der Waals surface area contributed by atoms with Crippen LogP contribution < -0.4 is 4.74 Å². The Bertz CT molecular complexity index is 349. The van der Waals surface area contributed by atoms with Crippen LogP contribution in [0.4, 0.5) is 5.69 Å². The zero-order valence-electron chi connectivity index (χ0n) is 9.53. The molecular formula is C13H17NO. The van der Waals surface area contributed by atoms with E-state index in [0.717, 1.165) is 17.9 Å². The first kappa shape index (κ1) is 11.5. The van der Waals surface area contributed by atoms with Gasteiger partial charge >= 0.3 is 0 Å². The van der Waals surface area contributed by atoms with E-state index in [9.17, 15) is 0 Å². The molecule has 0 heterocycles. The average molecular weight is 203 g/mol. The molecule has 0 aliphatic heterocycles. The number of methoxy groups -OCH3 is 1. The molecule has 1 rings (SSSR count). The van der Waals surface area contributed by atoms with Crippen LogP contribution in [0.2, 0.25) is 0 Å². The Morgan fingerprint density at radius 3 is 2.53 bits per heavy atom. The fourth-order valence-electron chi connectivity index (χ4n) is 1.22. The molecule has 0 aliphatic rings. The quantitative estimate of drug-likeness (QED) is 0.683. The zero-order valence-corrected chi connectivity index (χ0v) is 9.53. The van der Waals surface area contributed by atoms with E-state index >= 15 is 0 Å². The second kappa shape index (κ2) is 6.02. The van der Waals surface area contributed by atoms with Crippen LogP contribution in [0.3, 0.4) is 0 Å². The molecule has 0 N–H and O–H groups in total. The van der Waals surface area contributed by atoms with Gasteiger partial charge in [-0.05, 0) is 43.2 Å². The monoisotopic (exact) mass is 203 g/mol. The minimum Gasteiger partial charge on any atom is -0.497 e. The molecule has 0 radical (unpaired) electrons. The molecule has 0 unspecified atom stereocenters. The Hall–Kier alpha value is -1.57. The van der Waals surface area contributed by atoms with Crippen LogP contribution in [-0.4, -0.2) is 13.3 Å². The molecule has 0 amide bonds. The highest BCUT2D eigenvalue weighted by molar-refractivity contribution is 5.80. The number of hydrogen-bond acceptors (Lipinski definition) is 2. The topological polar surface area (TPSA) is 21.6 Å². The van der Waals surface area contributed by atoms with E-state index in [1.165, 1.54) is 5.57 Å². The highest BCUT2D eigenvalue weighted by Gasteiger charge is 1.90. The molecule has 0 fully saturated rings. The summed E-state index contributed by atoms with van der Waals surface area (Å²) in [6, 6.07) is 7.69. The second-order valence-corrected chi connectivity index (χ2v) is 3.31. The minimum absolute atomic E-state index is 0.856. The van der Waals surface area contributed by atoms with Crippen molar-refractivity contribution in [2.75, 3.05) is 7.11 Å². The van der Waals surface area contributed by atoms with Crippen molar-refractivity contribution in [2.45, 2.75) is 20.3 Å². The van der Waals surface area contributed by atoms with E-state index in [-0.39, 0.29) is 0 Å². The Balaban J connectivity index is 2.68. The van der Waals surface area contributed by atoms with E-state index < -0.39 is 0 Å². The smallest absolute Gasteiger partial charge is 0.119 e. The highest BCUT2D eigenvalue weighted by Crippen LogP contribution is 2.17. The summed E-state index contributed by atoms with van der Waals surface area (Å²) in [5, 5.41) is 0. The Kier molecular flexibility index (Phi) is 4.61. The fraction of sp³-hybridized carbons (Fsp3) is 0.308. The van der Waals surface area contributed by atoms with Gasteiger partial charge in [-0.3, -0.25) is 4.99 Å². The van der Waals surface area contributed by atoms with E-state index in [1.807, 2.05) is 30.5 Å². The second-order valence-electron chi connectivity index (χ2n) is 3.31. The molecule has 0 aliphatic carbocycles. The van der Waals surface area contributed by atoms with Gasteiger partial charge in [0.2, 0.25) is 0 Å². The van der Waals surface area contributed by atoms with Crippen LogP contribution in [0.5, 0.6) is 5.75 Å². The number of allylic oxidation sites excluding steroid dienone is 2. The third-order valence-corrected chi connectivity index (χ3v) is 2.02. The Morgan fingerprint density at radius 1 is 1.33 bits per heavy atom. The third kappa shape index (κ3) is 3.98. The molecule has 1 aromatic rings. The summed E-state index contributed by atoms with van der Waals surface area (Å²) < 4.78 is 5.07. The lowest BCUT2D eigenvalue weighted by molar-refractivity contribution is 0.415. The molecular weight excluding hydrogens is 186 g/mol. The molecule has 0 aromatic heterocycles. The standard InChI is InChI=1S/C13H17NO/c1-4-5-11(2)10-14-12-6-8-13(15-3)9-7-12/h5-10H,4H2,1-3H3/b11-5+,14-10?. The van der Waals surface area contributed by atoms with E-state index in [2.05, 4.69) is 24.9 Å². The first-order valence-electron chi connectivity index (χ1n) is 5.11. The molecule has 2 nitrogen and oxygen atoms in total. The lowest BCUT2D eigenvalue weighted by Gasteiger charge is -1.98. The number of aliphatic imine (C=N–C) groups is 1. The van der Waals surface area contributed by atoms with Crippen molar-refractivity contribution in [1.82, 2.24) is 0 Å². The summed E-state index contributed by atoms with van der Waals surface area (Å²) in [7, 11) is 1.66. The van der Waals surface area contributed by atoms with Crippen molar-refractivity contribution in [3.63, 3.8) is 0 Å². The van der Waals surface area contributed by atoms with Crippen molar-refractivity contribution in [3.8, 4) is 5.75 Å². The van der Waals surface area contributed by atoms with Crippen LogP contribution in [0.15, 0.2) is 40.9 Å². The van der Waals surface area contributed by atoms with Crippen LogP contribution in [-0.2, 0) is 0 Å². The summed E-state index contributed by atoms with van der Waals surface area (Å²) in [5.41, 5.74) is 2.13. The van der Waals surface area contributed by atoms with E-state index in [1.54, 1.807) is 7.11 Å². The van der Waals surface area contributed by atoms with Gasteiger partial charge in [0.1, 0.15) is 5.75 Å². The number of benzene rings is 1. The van der Waals surface area contributed by atoms with E-state index in [0.29, 0.717) is 0 Å². The van der Waals surface area contributed by atoms with Crippen LogP contribution >= 0.6 is 0 Å². The summed E-state index contributed by atoms with van der Waals surface area (Å²) in [5.74, 6) is 0.856. The Labute approximate surface area is 91.3 Å². The molecule has 80 valence electrons. The molecule has 0 saturated heterocycles. The van der Waals surface area contributed by atoms with Crippen LogP contribution in [0.1, 0.15) is 20.3 Å². The SMILES string of the molecule is CC/C=C(\C)C=Nc1ccc(OC)cc1. The number of ether oxygens (including phenoxy) is 1. The number of nitrogens with zero attached hydrogens (tertiary/aromatic N) is 1. The first-order chi connectivity index (χ1) is 7.26. The van der Waals surface area contributed by atoms with Gasteiger partial charge in [-0.1, -0.05) is 13.0 Å². The fourth-order valence-corrected chi connectivity index (χ4v) is 1.22. The molecule has 2 heteroatoms. The van der Waals surface area contributed by atoms with Gasteiger partial charge in [0.15, 0.2) is 0 Å². The molecule has 0 atom stereocenters. The van der Waals surface area contributed by atoms with Gasteiger partial charge in [0.05, 0.1) is 12.8 Å². The molecule has 0 spiro atoms. The van der Waals surface area contributed by atoms with Gasteiger partial charge in [0, 0.05) is 6.21 Å². The summed E-state index contributed by atoms with van der Waals surface area (Å²) >= 11 is 0. The summed E-state index contributed by atoms with van der Waals surface area (Å²) in [6.45, 7) is 4.17. The zero-order chi connectivity index (χ0) is 11.1. The molecule has 0 bridgehead atoms. The summed E-state index contributed by atoms with van der Waals surface area (Å²) in [4.78, 5) is 4.35. The lowest BCUT2D eigenvalue weighted by Crippen LogP contribution is -1.80. The van der Waals surface area contributed by atoms with Crippen molar-refractivity contribution < 1.29 is 4.74 Å². The van der Waals surface area contributed by atoms with Crippen molar-refractivity contribution in [2.24, 2.45) is 4.99 Å². The van der Waals surface area contributed by atoms with E-state index in [4.69, 9.17) is 4.74 Å². The molecule has 15 heavy (non-hydrogen) atoms. The maximum absolute atomic E-state index is 5.07.